The van der Waals surface area contributed by atoms with Crippen LogP contribution >= 0.6 is 0 Å². The van der Waals surface area contributed by atoms with Crippen molar-refractivity contribution in [2.24, 2.45) is 0 Å². The molecule has 0 aliphatic heterocycles. The third-order valence-corrected chi connectivity index (χ3v) is 0.444. The second-order valence-electron chi connectivity index (χ2n) is 0.852. The van der Waals surface area contributed by atoms with E-state index in [1.165, 1.54) is 12.5 Å². The Hall–Kier alpha value is -1.25. The van der Waals surface area contributed by atoms with Crippen LogP contribution in [0.3, 0.4) is 0 Å². The molecule has 0 aromatic carbocycles. The second-order valence-corrected chi connectivity index (χ2v) is 0.852. The first kappa shape index (κ1) is 6.75. The van der Waals surface area contributed by atoms with Crippen LogP contribution in [0.1, 0.15) is 0 Å². The van der Waals surface area contributed by atoms with Crippen molar-refractivity contribution in [3.05, 3.63) is 36.2 Å². The number of oxazole rings is 1. The molecule has 44 valence electrons. The fraction of sp³-hybridized carbons (Fsp3) is 0. The predicted molar refractivity (Wildman–Crippen MR) is 30.6 cm³/mol. The van der Waals surface area contributed by atoms with E-state index < -0.39 is 5.76 Å². The van der Waals surface area contributed by atoms with Crippen molar-refractivity contribution in [3.63, 3.8) is 0 Å². The average molecular weight is 113 g/mol. The molecule has 0 aliphatic rings. The summed E-state index contributed by atoms with van der Waals surface area (Å²) in [6.45, 7) is 6.00. The van der Waals surface area contributed by atoms with Crippen LogP contribution in [0.2, 0.25) is 0 Å². The first-order valence-electron chi connectivity index (χ1n) is 2.02. The Morgan fingerprint density at radius 2 is 2.25 bits per heavy atom. The quantitative estimate of drug-likeness (QED) is 0.505. The molecule has 0 saturated carbocycles. The maximum Gasteiger partial charge on any atom is 0.416 e. The SMILES string of the molecule is C=C.O=c1[nH]cco1. The van der Waals surface area contributed by atoms with E-state index in [9.17, 15) is 4.79 Å². The van der Waals surface area contributed by atoms with Crippen molar-refractivity contribution >= 4 is 0 Å². The normalized spacial score (nSPS) is 7.00. The third kappa shape index (κ3) is 2.02. The molecule has 1 N–H and O–H groups in total. The summed E-state index contributed by atoms with van der Waals surface area (Å²) in [5.74, 6) is -0.407. The Balaban J connectivity index is 0.000000222. The third-order valence-electron chi connectivity index (χ3n) is 0.444. The highest BCUT2D eigenvalue weighted by molar-refractivity contribution is 4.58. The van der Waals surface area contributed by atoms with Crippen LogP contribution in [0.15, 0.2) is 34.8 Å². The maximum atomic E-state index is 9.85. The van der Waals surface area contributed by atoms with Crippen molar-refractivity contribution in [1.82, 2.24) is 4.98 Å². The van der Waals surface area contributed by atoms with Crippen LogP contribution in [-0.4, -0.2) is 4.98 Å². The molecular weight excluding hydrogens is 106 g/mol. The van der Waals surface area contributed by atoms with E-state index in [-0.39, 0.29) is 0 Å². The second kappa shape index (κ2) is 3.92. The topological polar surface area (TPSA) is 46.0 Å². The Bertz CT molecular complexity index is 160. The van der Waals surface area contributed by atoms with Crippen molar-refractivity contribution in [2.75, 3.05) is 0 Å². The Kier molecular flexibility index (Phi) is 3.31. The molecule has 0 radical (unpaired) electrons. The lowest BCUT2D eigenvalue weighted by molar-refractivity contribution is 0.515. The Morgan fingerprint density at radius 3 is 2.38 bits per heavy atom. The summed E-state index contributed by atoms with van der Waals surface area (Å²) in [5, 5.41) is 0. The molecule has 1 heterocycles. The monoisotopic (exact) mass is 113 g/mol. The number of nitrogens with one attached hydrogen (secondary N) is 1. The minimum Gasteiger partial charge on any atom is -0.417 e. The highest BCUT2D eigenvalue weighted by Gasteiger charge is 1.72. The smallest absolute Gasteiger partial charge is 0.416 e. The Labute approximate surface area is 46.7 Å². The van der Waals surface area contributed by atoms with Gasteiger partial charge in [0, 0.05) is 6.20 Å². The highest BCUT2D eigenvalue weighted by Crippen LogP contribution is 1.62. The van der Waals surface area contributed by atoms with Gasteiger partial charge in [0.1, 0.15) is 6.26 Å². The molecule has 1 aromatic heterocycles. The molecule has 1 aromatic rings. The van der Waals surface area contributed by atoms with Gasteiger partial charge in [0.25, 0.3) is 0 Å². The minimum absolute atomic E-state index is 0.407. The predicted octanol–water partition coefficient (Wildman–Crippen LogP) is 0.770. The molecule has 3 heteroatoms. The minimum atomic E-state index is -0.407. The zero-order valence-electron chi connectivity index (χ0n) is 4.39. The molecule has 0 aliphatic carbocycles. The summed E-state index contributed by atoms with van der Waals surface area (Å²) in [6, 6.07) is 0. The number of hydrogen-bond donors (Lipinski definition) is 1. The van der Waals surface area contributed by atoms with Gasteiger partial charge in [0.15, 0.2) is 0 Å². The molecule has 1 rings (SSSR count). The molecule has 8 heavy (non-hydrogen) atoms. The van der Waals surface area contributed by atoms with Gasteiger partial charge >= 0.3 is 5.76 Å². The van der Waals surface area contributed by atoms with Crippen LogP contribution in [0.4, 0.5) is 0 Å². The summed E-state index contributed by atoms with van der Waals surface area (Å²) < 4.78 is 4.22. The summed E-state index contributed by atoms with van der Waals surface area (Å²) in [7, 11) is 0. The lowest BCUT2D eigenvalue weighted by atomic mass is 11.0. The van der Waals surface area contributed by atoms with Crippen molar-refractivity contribution in [1.29, 1.82) is 0 Å². The molecule has 0 fully saturated rings. The number of H-pyrrole nitrogens is 1. The standard InChI is InChI=1S/C3H3NO2.C2H4/c5-3-4-1-2-6-3;1-2/h1-2H,(H,4,5);1-2H2. The van der Waals surface area contributed by atoms with Gasteiger partial charge in [-0.25, -0.2) is 4.79 Å². The van der Waals surface area contributed by atoms with Gasteiger partial charge < -0.3 is 4.42 Å². The summed E-state index contributed by atoms with van der Waals surface area (Å²) in [6.07, 6.45) is 2.73. The number of aromatic amines is 1. The Morgan fingerprint density at radius 1 is 1.62 bits per heavy atom. The van der Waals surface area contributed by atoms with E-state index in [0.717, 1.165) is 0 Å². The van der Waals surface area contributed by atoms with Crippen molar-refractivity contribution in [2.45, 2.75) is 0 Å². The molecule has 0 atom stereocenters. The first-order valence-corrected chi connectivity index (χ1v) is 2.02. The van der Waals surface area contributed by atoms with Crippen LogP contribution in [-0.2, 0) is 0 Å². The van der Waals surface area contributed by atoms with Gasteiger partial charge in [-0.15, -0.1) is 13.2 Å². The maximum absolute atomic E-state index is 9.85. The van der Waals surface area contributed by atoms with E-state index in [1.54, 1.807) is 0 Å². The van der Waals surface area contributed by atoms with Gasteiger partial charge in [-0.3, -0.25) is 4.98 Å². The lowest BCUT2D eigenvalue weighted by Gasteiger charge is -1.51. The van der Waals surface area contributed by atoms with Crippen molar-refractivity contribution in [3.8, 4) is 0 Å². The first-order chi connectivity index (χ1) is 3.89. The average Bonchev–Trinajstić information content (AvgIpc) is 2.24. The van der Waals surface area contributed by atoms with E-state index in [1.807, 2.05) is 0 Å². The van der Waals surface area contributed by atoms with Gasteiger partial charge in [0.2, 0.25) is 0 Å². The molecule has 0 unspecified atom stereocenters. The van der Waals surface area contributed by atoms with Crippen LogP contribution in [0.25, 0.3) is 0 Å². The number of hydrogen-bond acceptors (Lipinski definition) is 2. The largest absolute Gasteiger partial charge is 0.417 e. The molecular formula is C5H7NO2. The molecule has 3 nitrogen and oxygen atoms in total. The summed E-state index contributed by atoms with van der Waals surface area (Å²) in [4.78, 5) is 12.1. The fourth-order valence-corrected chi connectivity index (χ4v) is 0.232. The molecule has 0 saturated heterocycles. The summed E-state index contributed by atoms with van der Waals surface area (Å²) in [5.41, 5.74) is 0. The number of aromatic nitrogens is 1. The lowest BCUT2D eigenvalue weighted by Crippen LogP contribution is -1.91. The van der Waals surface area contributed by atoms with Crippen LogP contribution < -0.4 is 5.76 Å². The van der Waals surface area contributed by atoms with Crippen molar-refractivity contribution < 1.29 is 4.42 Å². The van der Waals surface area contributed by atoms with Crippen LogP contribution in [0.5, 0.6) is 0 Å². The zero-order valence-corrected chi connectivity index (χ0v) is 4.39. The van der Waals surface area contributed by atoms with Gasteiger partial charge in [-0.05, 0) is 0 Å². The van der Waals surface area contributed by atoms with Crippen LogP contribution in [0, 0.1) is 0 Å². The highest BCUT2D eigenvalue weighted by atomic mass is 16.4. The molecule has 0 bridgehead atoms. The molecule has 0 amide bonds. The van der Waals surface area contributed by atoms with E-state index in [2.05, 4.69) is 22.6 Å². The number of rotatable bonds is 0. The van der Waals surface area contributed by atoms with E-state index in [0.29, 0.717) is 0 Å². The van der Waals surface area contributed by atoms with Gasteiger partial charge in [-0.2, -0.15) is 0 Å². The van der Waals surface area contributed by atoms with Gasteiger partial charge in [0.05, 0.1) is 0 Å². The van der Waals surface area contributed by atoms with E-state index >= 15 is 0 Å². The summed E-state index contributed by atoms with van der Waals surface area (Å²) >= 11 is 0. The van der Waals surface area contributed by atoms with Gasteiger partial charge in [-0.1, -0.05) is 0 Å². The zero-order chi connectivity index (χ0) is 6.41. The van der Waals surface area contributed by atoms with E-state index in [4.69, 9.17) is 0 Å². The molecule has 0 spiro atoms. The fourth-order valence-electron chi connectivity index (χ4n) is 0.232.